The molecule has 1 saturated heterocycles. The Morgan fingerprint density at radius 1 is 0.897 bits per heavy atom. The van der Waals surface area contributed by atoms with Crippen LogP contribution in [-0.4, -0.2) is 61.9 Å². The number of piperazine rings is 1. The Hall–Kier alpha value is -3.04. The zero-order chi connectivity index (χ0) is 21.0. The maximum Gasteiger partial charge on any atom is 0.255 e. The van der Waals surface area contributed by atoms with Gasteiger partial charge in [0.05, 0.1) is 4.90 Å². The van der Waals surface area contributed by atoms with Gasteiger partial charge in [-0.2, -0.15) is 4.31 Å². The van der Waals surface area contributed by atoms with Crippen molar-refractivity contribution in [1.29, 1.82) is 0 Å². The lowest BCUT2D eigenvalue weighted by atomic mass is 10.1. The van der Waals surface area contributed by atoms with Crippen molar-refractivity contribution < 1.29 is 22.8 Å². The first kappa shape index (κ1) is 20.7. The van der Waals surface area contributed by atoms with Crippen molar-refractivity contribution in [2.24, 2.45) is 0 Å². The lowest BCUT2D eigenvalue weighted by Crippen LogP contribution is -2.47. The fourth-order valence-electron chi connectivity index (χ4n) is 2.97. The van der Waals surface area contributed by atoms with Crippen molar-refractivity contribution in [3.05, 3.63) is 59.7 Å². The molecule has 2 aromatic rings. The summed E-state index contributed by atoms with van der Waals surface area (Å²) in [5.41, 5.74) is 1.39. The molecule has 1 aliphatic rings. The molecule has 0 aliphatic carbocycles. The molecule has 8 nitrogen and oxygen atoms in total. The number of nitrogens with zero attached hydrogens (tertiary/aromatic N) is 2. The Balaban J connectivity index is 1.68. The highest BCUT2D eigenvalue weighted by Crippen LogP contribution is 2.19. The van der Waals surface area contributed by atoms with E-state index in [9.17, 15) is 22.8 Å². The minimum absolute atomic E-state index is 0.0627. The van der Waals surface area contributed by atoms with Crippen molar-refractivity contribution in [2.45, 2.75) is 11.8 Å². The highest BCUT2D eigenvalue weighted by molar-refractivity contribution is 7.89. The summed E-state index contributed by atoms with van der Waals surface area (Å²) in [4.78, 5) is 36.1. The molecule has 0 radical (unpaired) electrons. The number of benzene rings is 2. The minimum atomic E-state index is -3.68. The molecule has 1 N–H and O–H groups in total. The number of anilines is 1. The second-order valence-electron chi connectivity index (χ2n) is 6.66. The smallest absolute Gasteiger partial charge is 0.255 e. The van der Waals surface area contributed by atoms with E-state index < -0.39 is 10.0 Å². The summed E-state index contributed by atoms with van der Waals surface area (Å²) < 4.78 is 26.8. The molecule has 1 aliphatic heterocycles. The first-order valence-corrected chi connectivity index (χ1v) is 10.5. The van der Waals surface area contributed by atoms with Gasteiger partial charge in [-0.3, -0.25) is 14.4 Å². The molecule has 29 heavy (non-hydrogen) atoms. The van der Waals surface area contributed by atoms with E-state index in [1.54, 1.807) is 24.3 Å². The van der Waals surface area contributed by atoms with E-state index in [0.29, 0.717) is 36.3 Å². The van der Waals surface area contributed by atoms with Crippen LogP contribution >= 0.6 is 0 Å². The van der Waals surface area contributed by atoms with Crippen LogP contribution in [0.5, 0.6) is 0 Å². The number of rotatable bonds is 6. The van der Waals surface area contributed by atoms with Gasteiger partial charge in [0, 0.05) is 43.0 Å². The van der Waals surface area contributed by atoms with Crippen molar-refractivity contribution >= 4 is 33.8 Å². The fraction of sp³-hybridized carbons (Fsp3) is 0.250. The number of Topliss-reactive ketones (excluding diaryl/α,β-unsaturated/α-hetero) is 1. The fourth-order valence-corrected chi connectivity index (χ4v) is 4.39. The third-order valence-corrected chi connectivity index (χ3v) is 6.64. The standard InChI is InChI=1S/C20H21N3O5S/c1-15(25)16-2-6-18(7-3-16)21-20(26)17-4-8-19(9-5-17)29(27,28)23-12-10-22(14-24)11-13-23/h2-9,14H,10-13H2,1H3,(H,21,26). The lowest BCUT2D eigenvalue weighted by molar-refractivity contribution is -0.119. The molecule has 0 saturated carbocycles. The first-order chi connectivity index (χ1) is 13.8. The zero-order valence-corrected chi connectivity index (χ0v) is 16.7. The van der Waals surface area contributed by atoms with Crippen LogP contribution in [0, 0.1) is 0 Å². The van der Waals surface area contributed by atoms with E-state index in [1.807, 2.05) is 0 Å². The number of carbonyl (C=O) groups excluding carboxylic acids is 3. The van der Waals surface area contributed by atoms with Gasteiger partial charge in [-0.25, -0.2) is 8.42 Å². The number of sulfonamides is 1. The van der Waals surface area contributed by atoms with E-state index in [1.165, 1.54) is 40.4 Å². The molecule has 0 bridgehead atoms. The molecule has 152 valence electrons. The van der Waals surface area contributed by atoms with Crippen molar-refractivity contribution in [1.82, 2.24) is 9.21 Å². The van der Waals surface area contributed by atoms with E-state index in [2.05, 4.69) is 5.32 Å². The van der Waals surface area contributed by atoms with Gasteiger partial charge in [0.25, 0.3) is 5.91 Å². The Morgan fingerprint density at radius 3 is 1.97 bits per heavy atom. The number of nitrogens with one attached hydrogen (secondary N) is 1. The monoisotopic (exact) mass is 415 g/mol. The molecule has 2 amide bonds. The Kier molecular flexibility index (Phi) is 6.09. The number of hydrogen-bond donors (Lipinski definition) is 1. The van der Waals surface area contributed by atoms with Crippen LogP contribution in [0.25, 0.3) is 0 Å². The van der Waals surface area contributed by atoms with E-state index in [0.717, 1.165) is 0 Å². The summed E-state index contributed by atoms with van der Waals surface area (Å²) >= 11 is 0. The Bertz CT molecular complexity index is 1010. The van der Waals surface area contributed by atoms with Gasteiger partial charge in [0.1, 0.15) is 0 Å². The average Bonchev–Trinajstić information content (AvgIpc) is 2.74. The zero-order valence-electron chi connectivity index (χ0n) is 15.9. The Morgan fingerprint density at radius 2 is 1.45 bits per heavy atom. The second kappa shape index (κ2) is 8.54. The predicted octanol–water partition coefficient (Wildman–Crippen LogP) is 1.60. The molecule has 0 atom stereocenters. The first-order valence-electron chi connectivity index (χ1n) is 9.03. The number of amides is 2. The van der Waals surface area contributed by atoms with Gasteiger partial charge in [-0.1, -0.05) is 0 Å². The van der Waals surface area contributed by atoms with Gasteiger partial charge < -0.3 is 10.2 Å². The summed E-state index contributed by atoms with van der Waals surface area (Å²) in [6.07, 6.45) is 0.713. The number of hydrogen-bond acceptors (Lipinski definition) is 5. The third-order valence-electron chi connectivity index (χ3n) is 4.73. The molecular formula is C20H21N3O5S. The van der Waals surface area contributed by atoms with Crippen LogP contribution < -0.4 is 5.32 Å². The summed E-state index contributed by atoms with van der Waals surface area (Å²) in [5.74, 6) is -0.448. The molecule has 1 heterocycles. The third kappa shape index (κ3) is 4.69. The Labute approximate surface area is 169 Å². The largest absolute Gasteiger partial charge is 0.343 e. The van der Waals surface area contributed by atoms with Gasteiger partial charge in [-0.05, 0) is 55.5 Å². The van der Waals surface area contributed by atoms with Crippen LogP contribution in [0.1, 0.15) is 27.6 Å². The SMILES string of the molecule is CC(=O)c1ccc(NC(=O)c2ccc(S(=O)(=O)N3CCN(C=O)CC3)cc2)cc1. The molecular weight excluding hydrogens is 394 g/mol. The highest BCUT2D eigenvalue weighted by Gasteiger charge is 2.28. The summed E-state index contributed by atoms with van der Waals surface area (Å²) in [6.45, 7) is 2.64. The van der Waals surface area contributed by atoms with E-state index >= 15 is 0 Å². The number of ketones is 1. The average molecular weight is 415 g/mol. The maximum absolute atomic E-state index is 12.7. The van der Waals surface area contributed by atoms with Gasteiger partial charge in [0.15, 0.2) is 5.78 Å². The molecule has 1 fully saturated rings. The quantitative estimate of drug-likeness (QED) is 0.570. The molecule has 0 spiro atoms. The van der Waals surface area contributed by atoms with Crippen molar-refractivity contribution in [3.8, 4) is 0 Å². The van der Waals surface area contributed by atoms with Crippen molar-refractivity contribution in [2.75, 3.05) is 31.5 Å². The lowest BCUT2D eigenvalue weighted by Gasteiger charge is -2.31. The molecule has 2 aromatic carbocycles. The van der Waals surface area contributed by atoms with Crippen LogP contribution in [0.2, 0.25) is 0 Å². The highest BCUT2D eigenvalue weighted by atomic mass is 32.2. The molecule has 9 heteroatoms. The number of carbonyl (C=O) groups is 3. The van der Waals surface area contributed by atoms with Crippen LogP contribution in [0.3, 0.4) is 0 Å². The van der Waals surface area contributed by atoms with E-state index in [-0.39, 0.29) is 29.7 Å². The van der Waals surface area contributed by atoms with Crippen LogP contribution in [0.15, 0.2) is 53.4 Å². The van der Waals surface area contributed by atoms with Gasteiger partial charge in [0.2, 0.25) is 16.4 Å². The van der Waals surface area contributed by atoms with Crippen LogP contribution in [-0.2, 0) is 14.8 Å². The molecule has 3 rings (SSSR count). The molecule has 0 aromatic heterocycles. The van der Waals surface area contributed by atoms with Crippen LogP contribution in [0.4, 0.5) is 5.69 Å². The topological polar surface area (TPSA) is 104 Å². The van der Waals surface area contributed by atoms with Gasteiger partial charge >= 0.3 is 0 Å². The van der Waals surface area contributed by atoms with E-state index in [4.69, 9.17) is 0 Å². The summed E-state index contributed by atoms with van der Waals surface area (Å²) in [5, 5.41) is 2.71. The van der Waals surface area contributed by atoms with Crippen molar-refractivity contribution in [3.63, 3.8) is 0 Å². The normalized spacial score (nSPS) is 15.0. The molecule has 0 unspecified atom stereocenters. The maximum atomic E-state index is 12.7. The predicted molar refractivity (Wildman–Crippen MR) is 107 cm³/mol. The summed E-state index contributed by atoms with van der Waals surface area (Å²) in [6, 6.07) is 12.2. The van der Waals surface area contributed by atoms with Gasteiger partial charge in [-0.15, -0.1) is 0 Å². The second-order valence-corrected chi connectivity index (χ2v) is 8.60. The minimum Gasteiger partial charge on any atom is -0.343 e. The summed E-state index contributed by atoms with van der Waals surface area (Å²) in [7, 11) is -3.68.